The summed E-state index contributed by atoms with van der Waals surface area (Å²) in [6.07, 6.45) is 6.64. The van der Waals surface area contributed by atoms with Crippen molar-refractivity contribution in [3.63, 3.8) is 0 Å². The third-order valence-electron chi connectivity index (χ3n) is 18.6. The summed E-state index contributed by atoms with van der Waals surface area (Å²) < 4.78 is 94.0. The maximum Gasteiger partial charge on any atom is 0.356 e. The van der Waals surface area contributed by atoms with Crippen LogP contribution in [0.2, 0.25) is 15.1 Å². The second-order valence-corrected chi connectivity index (χ2v) is 49.3. The Labute approximate surface area is 685 Å². The fraction of sp³-hybridized carbons (Fsp3) is 0.563. The molecule has 114 heavy (non-hydrogen) atoms. The van der Waals surface area contributed by atoms with Gasteiger partial charge in [-0.2, -0.15) is 0 Å². The highest BCUT2D eigenvalue weighted by molar-refractivity contribution is 7.54. The number of carbonyl (C=O) groups excluding carboxylic acids is 2. The lowest BCUT2D eigenvalue weighted by molar-refractivity contribution is -0.146. The Morgan fingerprint density at radius 3 is 0.904 bits per heavy atom. The van der Waals surface area contributed by atoms with E-state index in [1.54, 1.807) is 41.5 Å². The molecule has 0 bridgehead atoms. The van der Waals surface area contributed by atoms with E-state index in [0.29, 0.717) is 26.4 Å². The van der Waals surface area contributed by atoms with Crippen LogP contribution in [0.4, 0.5) is 4.70 Å². The number of esters is 2. The quantitative estimate of drug-likeness (QED) is 0.0145. The van der Waals surface area contributed by atoms with Gasteiger partial charge >= 0.3 is 27.1 Å². The second kappa shape index (κ2) is 49.3. The topological polar surface area (TPSA) is 295 Å². The Balaban J connectivity index is 0.000000494. The maximum absolute atomic E-state index is 13.3. The summed E-state index contributed by atoms with van der Waals surface area (Å²) in [5, 5.41) is 41.5. The van der Waals surface area contributed by atoms with Crippen LogP contribution in [-0.2, 0) is 73.8 Å². The Bertz CT molecular complexity index is 3540. The summed E-state index contributed by atoms with van der Waals surface area (Å²) in [4.78, 5) is 21.9. The van der Waals surface area contributed by atoms with Gasteiger partial charge in [0, 0.05) is 20.3 Å². The van der Waals surface area contributed by atoms with Gasteiger partial charge in [-0.05, 0) is 167 Å². The zero-order valence-electron chi connectivity index (χ0n) is 71.9. The Hall–Kier alpha value is -5.30. The summed E-state index contributed by atoms with van der Waals surface area (Å²) in [6.45, 7) is 41.2. The normalized spacial score (nSPS) is 15.3. The lowest BCUT2D eigenvalue weighted by Crippen LogP contribution is -2.67. The van der Waals surface area contributed by atoms with E-state index < -0.39 is 69.5 Å². The van der Waals surface area contributed by atoms with Crippen molar-refractivity contribution in [1.29, 1.82) is 0 Å². The van der Waals surface area contributed by atoms with Gasteiger partial charge in [-0.1, -0.05) is 244 Å². The molecule has 10 rings (SSSR count). The van der Waals surface area contributed by atoms with E-state index in [9.17, 15) is 23.8 Å². The van der Waals surface area contributed by atoms with E-state index in [0.717, 1.165) is 69.2 Å². The molecule has 0 aromatic heterocycles. The molecule has 1 saturated heterocycles. The lowest BCUT2D eigenvalue weighted by Gasteiger charge is -2.43. The van der Waals surface area contributed by atoms with E-state index in [1.807, 2.05) is 88.4 Å². The molecule has 3 aliphatic carbocycles. The SMILES string of the molecule is C1CCOC1.CC(C)(C)[Si](OCC1(O)CC1)(c1ccccc1)c1ccccc1.CC(C)OP(=O)(COC1(CO)CC1)OC(C)C.CC(C)OP(=O)(COC1(CO[Si](c2ccccc2)(c2ccccc2)C(C)(C)C)CC1)OC(C)C.CCOC(=O)CO.CCOC(=O)CO[Si](c1ccccc1)(c1ccccc1)C(C)(C)C.CO.F.N. The van der Waals surface area contributed by atoms with Crippen molar-refractivity contribution in [3.05, 3.63) is 182 Å². The van der Waals surface area contributed by atoms with E-state index in [-0.39, 0.29) is 82.3 Å². The molecule has 6 aromatic carbocycles. The molecule has 7 N–H and O–H groups in total. The van der Waals surface area contributed by atoms with Crippen LogP contribution >= 0.6 is 15.2 Å². The van der Waals surface area contributed by atoms with Crippen molar-refractivity contribution in [2.45, 2.75) is 239 Å². The van der Waals surface area contributed by atoms with Crippen molar-refractivity contribution in [3.8, 4) is 0 Å². The number of carbonyl (C=O) groups is 2. The molecular weight excluding hydrogens is 1540 g/mol. The molecule has 642 valence electrons. The summed E-state index contributed by atoms with van der Waals surface area (Å²) in [5.74, 6) is -0.881. The van der Waals surface area contributed by atoms with Gasteiger partial charge in [-0.3, -0.25) is 13.8 Å². The monoisotopic (exact) mass is 1680 g/mol. The standard InChI is InChI=1S/C27H41O5PSi.C20H26O3Si.C20H26O2Si.C11H23O5P.C4H8O3.C4H8O.CH4O.FH.H3N/c1-22(2)31-33(28,32-23(3)4)21-29-27(18-19-27)20-30-34(26(5,6)7,24-14-10-8-11-15-24)25-16-12-9-13-17-25;1-5-22-19(21)16-23-24(20(2,3)4,17-12-8-6-9-13-17)18-14-10-7-11-15-18;1-19(2,3)23(17-10-6-4-7-11-17,18-12-8-5-9-13-18)22-16-20(21)14-15-20;1-9(2)15-17(13,16-10(3)4)8-14-11(7-12)5-6-11;1-2-7-4(6)3-5;1-2-4-5-3-1;1-2;;/h8-17,22-23H,18-21H2,1-7H3;6-15H,5,16H2,1-4H3;4-13,21H,14-16H2,1-3H3;9-10,12H,5-8H2,1-4H3;5H,2-3H2,1H3;1-4H2;2H,1H3;1H;1H3. The number of aliphatic hydroxyl groups excluding tert-OH is 3. The molecule has 1 heterocycles. The molecule has 4 aliphatic rings. The molecular formula is C87H140FNO20P2Si3. The van der Waals surface area contributed by atoms with Gasteiger partial charge in [0.05, 0.1) is 74.3 Å². The van der Waals surface area contributed by atoms with Crippen molar-refractivity contribution >= 4 is 83.2 Å². The highest BCUT2D eigenvalue weighted by Gasteiger charge is 2.56. The Morgan fingerprint density at radius 2 is 0.693 bits per heavy atom. The highest BCUT2D eigenvalue weighted by Crippen LogP contribution is 2.55. The first-order chi connectivity index (χ1) is 52.8. The molecule has 4 fully saturated rings. The lowest BCUT2D eigenvalue weighted by atomic mass is 10.2. The minimum absolute atomic E-state index is 0. The smallest absolute Gasteiger partial charge is 0.356 e. The van der Waals surface area contributed by atoms with Crippen molar-refractivity contribution in [1.82, 2.24) is 6.15 Å². The summed E-state index contributed by atoms with van der Waals surface area (Å²) in [5.41, 5.74) is -1.56. The maximum atomic E-state index is 13.3. The summed E-state index contributed by atoms with van der Waals surface area (Å²) in [7, 11) is -13.4. The molecule has 21 nitrogen and oxygen atoms in total. The molecule has 3 saturated carbocycles. The first kappa shape index (κ1) is 105. The number of aliphatic hydroxyl groups is 4. The van der Waals surface area contributed by atoms with Gasteiger partial charge in [-0.15, -0.1) is 0 Å². The predicted molar refractivity (Wildman–Crippen MR) is 464 cm³/mol. The molecule has 0 amide bonds. The Kier molecular flexibility index (Phi) is 45.3. The number of benzene rings is 6. The van der Waals surface area contributed by atoms with Gasteiger partial charge in [0.1, 0.15) is 25.9 Å². The number of rotatable bonds is 33. The molecule has 0 radical (unpaired) electrons. The first-order valence-electron chi connectivity index (χ1n) is 39.5. The van der Waals surface area contributed by atoms with Gasteiger partial charge in [-0.25, -0.2) is 9.59 Å². The van der Waals surface area contributed by atoms with Crippen LogP contribution in [0, 0.1) is 0 Å². The van der Waals surface area contributed by atoms with Crippen LogP contribution < -0.4 is 37.3 Å². The minimum Gasteiger partial charge on any atom is -0.464 e. The summed E-state index contributed by atoms with van der Waals surface area (Å²) >= 11 is 0. The third-order valence-corrected chi connectivity index (χ3v) is 37.4. The molecule has 27 heteroatoms. The highest BCUT2D eigenvalue weighted by atomic mass is 31.2. The van der Waals surface area contributed by atoms with Crippen LogP contribution in [-0.4, -0.2) is 178 Å². The van der Waals surface area contributed by atoms with Gasteiger partial charge in [0.25, 0.3) is 25.0 Å². The van der Waals surface area contributed by atoms with E-state index in [2.05, 4.69) is 188 Å². The number of ether oxygens (including phenoxy) is 5. The zero-order chi connectivity index (χ0) is 83.6. The van der Waals surface area contributed by atoms with E-state index in [1.165, 1.54) is 33.6 Å². The minimum atomic E-state index is -3.37. The average Bonchev–Trinajstić information content (AvgIpc) is 1.19. The Morgan fingerprint density at radius 1 is 0.430 bits per heavy atom. The average molecular weight is 1690 g/mol. The largest absolute Gasteiger partial charge is 0.464 e. The fourth-order valence-electron chi connectivity index (χ4n) is 13.0. The molecule has 0 spiro atoms. The predicted octanol–water partition coefficient (Wildman–Crippen LogP) is 15.1. The van der Waals surface area contributed by atoms with Crippen molar-refractivity contribution < 1.29 is 98.9 Å². The van der Waals surface area contributed by atoms with Crippen LogP contribution in [0.3, 0.4) is 0 Å². The van der Waals surface area contributed by atoms with Crippen LogP contribution in [0.25, 0.3) is 0 Å². The first-order valence-corrected chi connectivity index (χ1v) is 48.7. The van der Waals surface area contributed by atoms with Crippen LogP contribution in [0.15, 0.2) is 182 Å². The number of hydrogen-bond acceptors (Lipinski definition) is 21. The molecule has 1 aliphatic heterocycles. The van der Waals surface area contributed by atoms with Crippen molar-refractivity contribution in [2.75, 3.05) is 79.3 Å². The molecule has 6 aromatic rings. The molecule has 0 unspecified atom stereocenters. The van der Waals surface area contributed by atoms with Gasteiger partial charge < -0.3 is 81.6 Å². The van der Waals surface area contributed by atoms with Crippen LogP contribution in [0.1, 0.15) is 183 Å². The fourth-order valence-corrected chi connectivity index (χ4v) is 30.5. The molecule has 0 atom stereocenters. The zero-order valence-corrected chi connectivity index (χ0v) is 76.7. The van der Waals surface area contributed by atoms with Crippen LogP contribution in [0.5, 0.6) is 0 Å². The summed E-state index contributed by atoms with van der Waals surface area (Å²) in [6, 6.07) is 62.9. The van der Waals surface area contributed by atoms with E-state index in [4.69, 9.17) is 65.6 Å². The third kappa shape index (κ3) is 32.8. The number of halogens is 1. The van der Waals surface area contributed by atoms with E-state index >= 15 is 0 Å². The second-order valence-electron chi connectivity index (χ2n) is 32.6. The van der Waals surface area contributed by atoms with Gasteiger partial charge in [0.2, 0.25) is 0 Å². The van der Waals surface area contributed by atoms with Crippen molar-refractivity contribution in [2.24, 2.45) is 0 Å². The number of hydrogen-bond donors (Lipinski definition) is 5. The van der Waals surface area contributed by atoms with Gasteiger partial charge in [0.15, 0.2) is 0 Å².